The Morgan fingerprint density at radius 3 is 1.23 bits per heavy atom. The summed E-state index contributed by atoms with van der Waals surface area (Å²) in [6.45, 7) is 2.87. The van der Waals surface area contributed by atoms with Crippen LogP contribution in [0.4, 0.5) is 0 Å². The number of ether oxygens (including phenoxy) is 2. The van der Waals surface area contributed by atoms with Gasteiger partial charge in [-0.3, -0.25) is 0 Å². The minimum atomic E-state index is 0.512. The van der Waals surface area contributed by atoms with Gasteiger partial charge in [0.05, 0.1) is 22.1 Å². The van der Waals surface area contributed by atoms with Crippen molar-refractivity contribution in [3.8, 4) is 34.3 Å². The first-order valence-electron chi connectivity index (χ1n) is 16.2. The quantitative estimate of drug-likeness (QED) is 0.141. The van der Waals surface area contributed by atoms with E-state index in [4.69, 9.17) is 19.4 Å². The van der Waals surface area contributed by atoms with Crippen molar-refractivity contribution < 1.29 is 9.47 Å². The van der Waals surface area contributed by atoms with Gasteiger partial charge in [0.1, 0.15) is 36.4 Å². The molecular formula is C40H40N6O2. The third-order valence-corrected chi connectivity index (χ3v) is 8.19. The molecule has 0 unspecified atom stereocenters. The average molecular weight is 637 g/mol. The van der Waals surface area contributed by atoms with Gasteiger partial charge >= 0.3 is 0 Å². The second kappa shape index (κ2) is 13.7. The molecule has 0 saturated heterocycles. The van der Waals surface area contributed by atoms with E-state index in [-0.39, 0.29) is 0 Å². The highest BCUT2D eigenvalue weighted by Crippen LogP contribution is 2.28. The number of aromatic amines is 2. The molecule has 0 radical (unpaired) electrons. The highest BCUT2D eigenvalue weighted by atomic mass is 16.5. The van der Waals surface area contributed by atoms with Crippen molar-refractivity contribution in [1.82, 2.24) is 29.7 Å². The molecule has 2 aromatic heterocycles. The van der Waals surface area contributed by atoms with Crippen molar-refractivity contribution in [3.63, 3.8) is 0 Å². The number of nitrogens with one attached hydrogen (secondary N) is 2. The lowest BCUT2D eigenvalue weighted by Gasteiger charge is -2.10. The van der Waals surface area contributed by atoms with Gasteiger partial charge in [-0.15, -0.1) is 0 Å². The maximum Gasteiger partial charge on any atom is 0.138 e. The summed E-state index contributed by atoms with van der Waals surface area (Å²) < 4.78 is 12.2. The molecule has 0 bridgehead atoms. The van der Waals surface area contributed by atoms with Crippen LogP contribution in [-0.4, -0.2) is 57.9 Å². The molecule has 242 valence electrons. The summed E-state index contributed by atoms with van der Waals surface area (Å²) in [5.41, 5.74) is 10.5. The van der Waals surface area contributed by atoms with Crippen LogP contribution in [0.25, 0.3) is 44.8 Å². The predicted octanol–water partition coefficient (Wildman–Crippen LogP) is 8.05. The van der Waals surface area contributed by atoms with Gasteiger partial charge < -0.3 is 29.2 Å². The number of hydrogen-bond acceptors (Lipinski definition) is 6. The lowest BCUT2D eigenvalue weighted by atomic mass is 10.1. The van der Waals surface area contributed by atoms with E-state index in [1.807, 2.05) is 36.4 Å². The highest BCUT2D eigenvalue weighted by molar-refractivity contribution is 5.82. The second-order valence-electron chi connectivity index (χ2n) is 12.8. The molecule has 7 rings (SSSR count). The molecule has 48 heavy (non-hydrogen) atoms. The number of fused-ring (bicyclic) bond motifs is 2. The van der Waals surface area contributed by atoms with Crippen LogP contribution in [0.5, 0.6) is 11.5 Å². The van der Waals surface area contributed by atoms with Crippen molar-refractivity contribution in [2.45, 2.75) is 26.3 Å². The summed E-state index contributed by atoms with van der Waals surface area (Å²) >= 11 is 0. The van der Waals surface area contributed by atoms with Crippen molar-refractivity contribution >= 4 is 22.1 Å². The number of aromatic nitrogens is 4. The number of hydrogen-bond donors (Lipinski definition) is 2. The molecule has 0 aliphatic heterocycles. The summed E-state index contributed by atoms with van der Waals surface area (Å²) in [5.74, 6) is 3.23. The lowest BCUT2D eigenvalue weighted by Crippen LogP contribution is -2.10. The normalized spacial score (nSPS) is 11.6. The number of nitrogens with zero attached hydrogens (tertiary/aromatic N) is 4. The number of benzene rings is 5. The van der Waals surface area contributed by atoms with Gasteiger partial charge in [-0.05, 0) is 74.7 Å². The van der Waals surface area contributed by atoms with Crippen LogP contribution >= 0.6 is 0 Å². The summed E-state index contributed by atoms with van der Waals surface area (Å²) in [7, 11) is 8.30. The lowest BCUT2D eigenvalue weighted by molar-refractivity contribution is 0.306. The number of imidazole rings is 2. The van der Waals surface area contributed by atoms with Gasteiger partial charge in [-0.2, -0.15) is 0 Å². The predicted molar refractivity (Wildman–Crippen MR) is 193 cm³/mol. The van der Waals surface area contributed by atoms with Crippen LogP contribution in [0.2, 0.25) is 0 Å². The van der Waals surface area contributed by atoms with Crippen LogP contribution in [-0.2, 0) is 26.3 Å². The maximum atomic E-state index is 6.10. The number of H-pyrrole nitrogens is 2. The van der Waals surface area contributed by atoms with Gasteiger partial charge in [0, 0.05) is 36.3 Å². The van der Waals surface area contributed by atoms with Crippen molar-refractivity contribution in [1.29, 1.82) is 0 Å². The molecule has 0 atom stereocenters. The van der Waals surface area contributed by atoms with Gasteiger partial charge in [0.25, 0.3) is 0 Å². The van der Waals surface area contributed by atoms with Gasteiger partial charge in [-0.1, -0.05) is 72.8 Å². The molecule has 0 spiro atoms. The fourth-order valence-electron chi connectivity index (χ4n) is 5.76. The Balaban J connectivity index is 0.989. The average Bonchev–Trinajstić information content (AvgIpc) is 3.71. The van der Waals surface area contributed by atoms with E-state index in [9.17, 15) is 0 Å². The van der Waals surface area contributed by atoms with Crippen molar-refractivity contribution in [3.05, 3.63) is 131 Å². The zero-order chi connectivity index (χ0) is 33.0. The zero-order valence-electron chi connectivity index (χ0n) is 27.8. The topological polar surface area (TPSA) is 82.3 Å². The van der Waals surface area contributed by atoms with Crippen molar-refractivity contribution in [2.24, 2.45) is 0 Å². The molecule has 5 aromatic carbocycles. The summed E-state index contributed by atoms with van der Waals surface area (Å²) in [6, 6.07) is 37.3. The fourth-order valence-corrected chi connectivity index (χ4v) is 5.76. The minimum Gasteiger partial charge on any atom is -0.489 e. The Morgan fingerprint density at radius 1 is 0.479 bits per heavy atom. The largest absolute Gasteiger partial charge is 0.489 e. The molecule has 0 aliphatic rings. The van der Waals surface area contributed by atoms with Crippen LogP contribution in [0.15, 0.2) is 109 Å². The molecule has 8 heteroatoms. The molecule has 0 aliphatic carbocycles. The molecular weight excluding hydrogens is 596 g/mol. The zero-order valence-corrected chi connectivity index (χ0v) is 27.8. The van der Waals surface area contributed by atoms with Crippen LogP contribution in [0.3, 0.4) is 0 Å². The summed E-state index contributed by atoms with van der Waals surface area (Å²) in [6.07, 6.45) is 0. The maximum absolute atomic E-state index is 6.10. The molecule has 2 heterocycles. The molecule has 0 amide bonds. The highest BCUT2D eigenvalue weighted by Gasteiger charge is 2.11. The molecule has 7 aromatic rings. The third-order valence-electron chi connectivity index (χ3n) is 8.19. The first-order chi connectivity index (χ1) is 23.3. The van der Waals surface area contributed by atoms with Gasteiger partial charge in [-0.25, -0.2) is 9.97 Å². The molecule has 0 saturated carbocycles. The standard InChI is InChI=1S/C40H40N6O2/c1-45(2)23-27-5-9-29(10-6-27)25-47-33-17-19-35-37(21-33)43-39(41-35)31-13-15-32(16-14-31)40-42-36-20-18-34(22-38(36)44-40)48-26-30-11-7-28(8-12-30)24-46(3)4/h5-22H,23-26H2,1-4H3,(H,41,43)(H,42,44). The Morgan fingerprint density at radius 2 is 0.854 bits per heavy atom. The van der Waals surface area contributed by atoms with E-state index in [0.29, 0.717) is 13.2 Å². The van der Waals surface area contributed by atoms with E-state index in [1.165, 1.54) is 11.1 Å². The molecule has 2 N–H and O–H groups in total. The van der Waals surface area contributed by atoms with E-state index in [2.05, 4.69) is 121 Å². The van der Waals surface area contributed by atoms with E-state index in [1.54, 1.807) is 0 Å². The Bertz CT molecular complexity index is 1970. The Kier molecular flexibility index (Phi) is 8.92. The SMILES string of the molecule is CN(C)Cc1ccc(COc2ccc3nc(-c4ccc(-c5nc6ccc(OCc7ccc(CN(C)C)cc7)cc6[nH]5)cc4)[nH]c3c2)cc1. The van der Waals surface area contributed by atoms with Crippen LogP contribution in [0, 0.1) is 0 Å². The smallest absolute Gasteiger partial charge is 0.138 e. The number of rotatable bonds is 12. The van der Waals surface area contributed by atoms with Crippen LogP contribution < -0.4 is 9.47 Å². The summed E-state index contributed by atoms with van der Waals surface area (Å²) in [5, 5.41) is 0. The van der Waals surface area contributed by atoms with E-state index < -0.39 is 0 Å². The second-order valence-corrected chi connectivity index (χ2v) is 12.8. The van der Waals surface area contributed by atoms with E-state index in [0.717, 1.165) is 80.6 Å². The van der Waals surface area contributed by atoms with Crippen molar-refractivity contribution in [2.75, 3.05) is 28.2 Å². The van der Waals surface area contributed by atoms with Crippen LogP contribution in [0.1, 0.15) is 22.3 Å². The molecule has 0 fully saturated rings. The summed E-state index contributed by atoms with van der Waals surface area (Å²) in [4.78, 5) is 20.9. The third kappa shape index (κ3) is 7.41. The Labute approximate surface area is 281 Å². The van der Waals surface area contributed by atoms with Gasteiger partial charge in [0.2, 0.25) is 0 Å². The first kappa shape index (κ1) is 31.2. The van der Waals surface area contributed by atoms with E-state index >= 15 is 0 Å². The molecule has 8 nitrogen and oxygen atoms in total. The van der Waals surface area contributed by atoms with Gasteiger partial charge in [0.15, 0.2) is 0 Å². The minimum absolute atomic E-state index is 0.512. The first-order valence-corrected chi connectivity index (χ1v) is 16.2. The monoisotopic (exact) mass is 636 g/mol. The fraction of sp³-hybridized carbons (Fsp3) is 0.200. The Hall–Kier alpha value is -5.44.